The summed E-state index contributed by atoms with van der Waals surface area (Å²) in [5.74, 6) is 0.688. The summed E-state index contributed by atoms with van der Waals surface area (Å²) in [7, 11) is 0. The molecule has 0 saturated carbocycles. The molecule has 0 aliphatic carbocycles. The van der Waals surface area contributed by atoms with Crippen molar-refractivity contribution in [2.75, 3.05) is 18.0 Å². The van der Waals surface area contributed by atoms with E-state index in [9.17, 15) is 5.11 Å². The van der Waals surface area contributed by atoms with Crippen LogP contribution < -0.4 is 10.2 Å². The molecule has 4 rings (SSSR count). The fourth-order valence-electron chi connectivity index (χ4n) is 3.42. The van der Waals surface area contributed by atoms with Crippen molar-refractivity contribution in [1.29, 1.82) is 0 Å². The van der Waals surface area contributed by atoms with Crippen molar-refractivity contribution in [3.05, 3.63) is 36.8 Å². The van der Waals surface area contributed by atoms with Crippen LogP contribution in [0.25, 0.3) is 16.9 Å². The molecule has 3 aromatic rings. The monoisotopic (exact) mass is 416 g/mol. The highest BCUT2D eigenvalue weighted by Crippen LogP contribution is 2.29. The number of nitrogens with zero attached hydrogens (tertiary/aromatic N) is 7. The van der Waals surface area contributed by atoms with Gasteiger partial charge in [-0.15, -0.1) is 22.6 Å². The zero-order chi connectivity index (χ0) is 19.7. The molecule has 1 atom stereocenters. The second kappa shape index (κ2) is 8.30. The highest BCUT2D eigenvalue weighted by Gasteiger charge is 2.27. The molecule has 3 heterocycles. The van der Waals surface area contributed by atoms with Crippen LogP contribution in [-0.4, -0.2) is 60.0 Å². The third kappa shape index (κ3) is 4.80. The Kier molecular flexibility index (Phi) is 5.99. The van der Waals surface area contributed by atoms with Gasteiger partial charge < -0.3 is 15.3 Å². The summed E-state index contributed by atoms with van der Waals surface area (Å²) in [6, 6.07) is 5.58. The normalized spacial score (nSPS) is 16.7. The average molecular weight is 417 g/mol. The van der Waals surface area contributed by atoms with Gasteiger partial charge in [-0.3, -0.25) is 0 Å². The third-order valence-corrected chi connectivity index (χ3v) is 4.56. The third-order valence-electron chi connectivity index (χ3n) is 4.56. The van der Waals surface area contributed by atoms with Gasteiger partial charge in [0.15, 0.2) is 0 Å². The van der Waals surface area contributed by atoms with Crippen molar-refractivity contribution < 1.29 is 5.11 Å². The largest absolute Gasteiger partial charge is 0.507 e. The van der Waals surface area contributed by atoms with E-state index in [1.165, 1.54) is 4.80 Å². The minimum Gasteiger partial charge on any atom is -0.507 e. The Morgan fingerprint density at radius 2 is 1.90 bits per heavy atom. The van der Waals surface area contributed by atoms with Crippen LogP contribution in [-0.2, 0) is 0 Å². The molecule has 1 aliphatic heterocycles. The Bertz CT molecular complexity index is 940. The summed E-state index contributed by atoms with van der Waals surface area (Å²) in [6.07, 6.45) is 5.86. The Morgan fingerprint density at radius 1 is 1.14 bits per heavy atom. The van der Waals surface area contributed by atoms with Crippen molar-refractivity contribution in [3.63, 3.8) is 0 Å². The number of nitrogens with one attached hydrogen (secondary N) is 1. The van der Waals surface area contributed by atoms with Crippen molar-refractivity contribution >= 4 is 18.4 Å². The number of phenolic OH excluding ortho intramolecular Hbond substituents is 1. The Balaban J connectivity index is 0.00000240. The Hall–Kier alpha value is -2.78. The van der Waals surface area contributed by atoms with Gasteiger partial charge >= 0.3 is 0 Å². The first-order chi connectivity index (χ1) is 13.4. The summed E-state index contributed by atoms with van der Waals surface area (Å²) in [5, 5.41) is 30.7. The van der Waals surface area contributed by atoms with Crippen LogP contribution in [0.5, 0.6) is 5.75 Å². The van der Waals surface area contributed by atoms with Crippen molar-refractivity contribution in [2.45, 2.75) is 38.8 Å². The number of aromatic hydroxyl groups is 1. The van der Waals surface area contributed by atoms with Gasteiger partial charge in [-0.05, 0) is 39.3 Å². The average Bonchev–Trinajstić information content (AvgIpc) is 3.32. The lowest BCUT2D eigenvalue weighted by molar-refractivity contribution is 0.373. The second-order valence-corrected chi connectivity index (χ2v) is 7.99. The van der Waals surface area contributed by atoms with E-state index in [0.29, 0.717) is 28.9 Å². The van der Waals surface area contributed by atoms with Crippen LogP contribution in [0.4, 0.5) is 5.95 Å². The number of rotatable bonds is 4. The number of hydrogen-bond acceptors (Lipinski definition) is 8. The minimum absolute atomic E-state index is 0. The fraction of sp³-hybridized carbons (Fsp3) is 0.421. The number of halogens is 1. The maximum atomic E-state index is 10.4. The predicted octanol–water partition coefficient (Wildman–Crippen LogP) is 2.21. The molecular formula is C19H25ClN8O. The molecule has 1 aliphatic rings. The fourth-order valence-corrected chi connectivity index (χ4v) is 3.42. The van der Waals surface area contributed by atoms with E-state index in [2.05, 4.69) is 56.4 Å². The molecule has 154 valence electrons. The molecule has 9 nitrogen and oxygen atoms in total. The highest BCUT2D eigenvalue weighted by atomic mass is 35.5. The van der Waals surface area contributed by atoms with E-state index in [4.69, 9.17) is 0 Å². The number of hydrogen-bond donors (Lipinski definition) is 2. The Labute approximate surface area is 175 Å². The first-order valence-electron chi connectivity index (χ1n) is 9.31. The van der Waals surface area contributed by atoms with E-state index >= 15 is 0 Å². The van der Waals surface area contributed by atoms with Crippen LogP contribution in [0.3, 0.4) is 0 Å². The van der Waals surface area contributed by atoms with Crippen molar-refractivity contribution in [2.24, 2.45) is 0 Å². The summed E-state index contributed by atoms with van der Waals surface area (Å²) in [5.41, 5.74) is 1.83. The molecule has 0 bridgehead atoms. The summed E-state index contributed by atoms with van der Waals surface area (Å²) in [6.45, 7) is 8.26. The molecule has 29 heavy (non-hydrogen) atoms. The van der Waals surface area contributed by atoms with Crippen molar-refractivity contribution in [3.8, 4) is 22.7 Å². The highest BCUT2D eigenvalue weighted by molar-refractivity contribution is 5.85. The lowest BCUT2D eigenvalue weighted by Crippen LogP contribution is -2.45. The van der Waals surface area contributed by atoms with E-state index in [-0.39, 0.29) is 23.7 Å². The standard InChI is InChI=1S/C19H24N8O.ClH/c1-19(2,3)23-13-6-9-26(12-13)18-20-11-16(24-25-18)15-5-4-14(10-17(15)28)27-21-7-8-22-27;/h4-5,7-8,10-11,13,23,28H,6,9,12H2,1-3H3;1H. The van der Waals surface area contributed by atoms with Crippen LogP contribution in [0, 0.1) is 0 Å². The number of aromatic nitrogens is 6. The van der Waals surface area contributed by atoms with Gasteiger partial charge in [0, 0.05) is 36.3 Å². The topological polar surface area (TPSA) is 105 Å². The zero-order valence-electron chi connectivity index (χ0n) is 16.6. The van der Waals surface area contributed by atoms with E-state index < -0.39 is 0 Å². The van der Waals surface area contributed by atoms with Gasteiger partial charge in [0.2, 0.25) is 5.95 Å². The summed E-state index contributed by atoms with van der Waals surface area (Å²) < 4.78 is 0. The molecule has 2 N–H and O–H groups in total. The zero-order valence-corrected chi connectivity index (χ0v) is 17.5. The summed E-state index contributed by atoms with van der Waals surface area (Å²) in [4.78, 5) is 8.03. The SMILES string of the molecule is CC(C)(C)NC1CCN(c2ncc(-c3ccc(-n4nccn4)cc3O)nn2)C1.Cl. The Morgan fingerprint density at radius 3 is 2.52 bits per heavy atom. The first kappa shape index (κ1) is 20.9. The molecular weight excluding hydrogens is 392 g/mol. The van der Waals surface area contributed by atoms with Gasteiger partial charge in [0.1, 0.15) is 11.4 Å². The van der Waals surface area contributed by atoms with Crippen LogP contribution in [0.15, 0.2) is 36.8 Å². The van der Waals surface area contributed by atoms with E-state index in [0.717, 1.165) is 19.5 Å². The molecule has 0 amide bonds. The van der Waals surface area contributed by atoms with Crippen molar-refractivity contribution in [1.82, 2.24) is 35.5 Å². The smallest absolute Gasteiger partial charge is 0.245 e. The lowest BCUT2D eigenvalue weighted by Gasteiger charge is -2.25. The van der Waals surface area contributed by atoms with E-state index in [1.54, 1.807) is 30.7 Å². The van der Waals surface area contributed by atoms with Gasteiger partial charge in [-0.2, -0.15) is 15.0 Å². The molecule has 1 unspecified atom stereocenters. The summed E-state index contributed by atoms with van der Waals surface area (Å²) >= 11 is 0. The molecule has 1 saturated heterocycles. The van der Waals surface area contributed by atoms with Gasteiger partial charge in [0.25, 0.3) is 0 Å². The van der Waals surface area contributed by atoms with Gasteiger partial charge in [-0.1, -0.05) is 0 Å². The number of anilines is 1. The molecule has 10 heteroatoms. The molecule has 1 fully saturated rings. The molecule has 0 spiro atoms. The second-order valence-electron chi connectivity index (χ2n) is 7.99. The van der Waals surface area contributed by atoms with Crippen LogP contribution in [0.1, 0.15) is 27.2 Å². The predicted molar refractivity (Wildman–Crippen MR) is 113 cm³/mol. The van der Waals surface area contributed by atoms with Gasteiger partial charge in [-0.25, -0.2) is 4.98 Å². The maximum absolute atomic E-state index is 10.4. The lowest BCUT2D eigenvalue weighted by atomic mass is 10.1. The van der Waals surface area contributed by atoms with Crippen LogP contribution >= 0.6 is 12.4 Å². The van der Waals surface area contributed by atoms with E-state index in [1.807, 2.05) is 6.07 Å². The quantitative estimate of drug-likeness (QED) is 0.667. The molecule has 2 aromatic heterocycles. The number of benzene rings is 1. The minimum atomic E-state index is 0. The molecule has 0 radical (unpaired) electrons. The molecule has 1 aromatic carbocycles. The van der Waals surface area contributed by atoms with Crippen LogP contribution in [0.2, 0.25) is 0 Å². The maximum Gasteiger partial charge on any atom is 0.245 e. The number of phenols is 1. The van der Waals surface area contributed by atoms with Gasteiger partial charge in [0.05, 0.1) is 24.3 Å². The first-order valence-corrected chi connectivity index (χ1v) is 9.31.